The number of hydrogen-bond donors (Lipinski definition) is 2. The van der Waals surface area contributed by atoms with Crippen molar-refractivity contribution in [2.24, 2.45) is 0 Å². The van der Waals surface area contributed by atoms with Crippen molar-refractivity contribution in [3.8, 4) is 0 Å². The highest BCUT2D eigenvalue weighted by Crippen LogP contribution is 2.14. The zero-order valence-corrected chi connectivity index (χ0v) is 13.9. The average molecular weight is 331 g/mol. The standard InChI is InChI=1S/C18H25N3O3/c22-17(16-13-19-8-11-24-16)20-12-14-4-6-15(7-5-14)18(23)21-9-2-1-3-10-21/h4-7,16,19H,1-3,8-13H2,(H,20,22)/t16-/m0/s1. The van der Waals surface area contributed by atoms with Crippen molar-refractivity contribution in [2.45, 2.75) is 31.9 Å². The monoisotopic (exact) mass is 331 g/mol. The van der Waals surface area contributed by atoms with Crippen LogP contribution in [0.3, 0.4) is 0 Å². The summed E-state index contributed by atoms with van der Waals surface area (Å²) in [4.78, 5) is 26.4. The molecular formula is C18H25N3O3. The molecule has 24 heavy (non-hydrogen) atoms. The lowest BCUT2D eigenvalue weighted by atomic mass is 10.1. The highest BCUT2D eigenvalue weighted by atomic mass is 16.5. The minimum atomic E-state index is -0.418. The Morgan fingerprint density at radius 1 is 1.17 bits per heavy atom. The van der Waals surface area contributed by atoms with Crippen LogP contribution in [0.4, 0.5) is 0 Å². The van der Waals surface area contributed by atoms with Gasteiger partial charge in [0.05, 0.1) is 6.61 Å². The van der Waals surface area contributed by atoms with Crippen molar-refractivity contribution in [3.05, 3.63) is 35.4 Å². The Bertz CT molecular complexity index is 561. The number of ether oxygens (including phenoxy) is 1. The zero-order valence-electron chi connectivity index (χ0n) is 13.9. The minimum Gasteiger partial charge on any atom is -0.366 e. The van der Waals surface area contributed by atoms with Gasteiger partial charge in [-0.05, 0) is 37.0 Å². The Hall–Kier alpha value is -1.92. The maximum absolute atomic E-state index is 12.4. The molecule has 130 valence electrons. The van der Waals surface area contributed by atoms with Gasteiger partial charge >= 0.3 is 0 Å². The maximum Gasteiger partial charge on any atom is 0.253 e. The highest BCUT2D eigenvalue weighted by molar-refractivity contribution is 5.94. The predicted octanol–water partition coefficient (Wildman–Crippen LogP) is 0.917. The molecule has 1 aromatic carbocycles. The molecule has 0 radical (unpaired) electrons. The Morgan fingerprint density at radius 3 is 2.58 bits per heavy atom. The van der Waals surface area contributed by atoms with Gasteiger partial charge < -0.3 is 20.3 Å². The van der Waals surface area contributed by atoms with E-state index in [0.717, 1.165) is 38.0 Å². The molecule has 2 heterocycles. The summed E-state index contributed by atoms with van der Waals surface area (Å²) in [6.07, 6.45) is 2.98. The molecule has 0 unspecified atom stereocenters. The van der Waals surface area contributed by atoms with Gasteiger partial charge in [0.2, 0.25) is 0 Å². The van der Waals surface area contributed by atoms with Crippen molar-refractivity contribution in [1.29, 1.82) is 0 Å². The van der Waals surface area contributed by atoms with E-state index in [4.69, 9.17) is 4.74 Å². The number of morpholine rings is 1. The predicted molar refractivity (Wildman–Crippen MR) is 90.7 cm³/mol. The number of likely N-dealkylation sites (tertiary alicyclic amines) is 1. The summed E-state index contributed by atoms with van der Waals surface area (Å²) in [5.74, 6) is 0.00244. The fourth-order valence-electron chi connectivity index (χ4n) is 3.08. The largest absolute Gasteiger partial charge is 0.366 e. The zero-order chi connectivity index (χ0) is 16.8. The number of carbonyl (C=O) groups excluding carboxylic acids is 2. The number of carbonyl (C=O) groups is 2. The third-order valence-corrected chi connectivity index (χ3v) is 4.53. The first-order valence-electron chi connectivity index (χ1n) is 8.72. The van der Waals surface area contributed by atoms with Crippen LogP contribution in [-0.2, 0) is 16.1 Å². The number of nitrogens with one attached hydrogen (secondary N) is 2. The lowest BCUT2D eigenvalue weighted by Crippen LogP contribution is -2.47. The van der Waals surface area contributed by atoms with Gasteiger partial charge in [-0.15, -0.1) is 0 Å². The van der Waals surface area contributed by atoms with E-state index in [1.54, 1.807) is 0 Å². The SMILES string of the molecule is O=C(NCc1ccc(C(=O)N2CCCCC2)cc1)[C@@H]1CNCCO1. The topological polar surface area (TPSA) is 70.7 Å². The second kappa shape index (κ2) is 8.26. The molecule has 1 atom stereocenters. The van der Waals surface area contributed by atoms with E-state index in [-0.39, 0.29) is 11.8 Å². The first-order valence-corrected chi connectivity index (χ1v) is 8.72. The summed E-state index contributed by atoms with van der Waals surface area (Å²) >= 11 is 0. The Balaban J connectivity index is 1.50. The van der Waals surface area contributed by atoms with Crippen LogP contribution in [0, 0.1) is 0 Å². The third-order valence-electron chi connectivity index (χ3n) is 4.53. The molecule has 3 rings (SSSR count). The fourth-order valence-corrected chi connectivity index (χ4v) is 3.08. The van der Waals surface area contributed by atoms with E-state index >= 15 is 0 Å². The summed E-state index contributed by atoms with van der Waals surface area (Å²) in [5.41, 5.74) is 1.69. The molecule has 1 aromatic rings. The van der Waals surface area contributed by atoms with Crippen LogP contribution in [-0.4, -0.2) is 55.6 Å². The molecule has 2 N–H and O–H groups in total. The second-order valence-corrected chi connectivity index (χ2v) is 6.33. The van der Waals surface area contributed by atoms with Crippen LogP contribution in [0.5, 0.6) is 0 Å². The average Bonchev–Trinajstić information content (AvgIpc) is 2.67. The summed E-state index contributed by atoms with van der Waals surface area (Å²) in [7, 11) is 0. The van der Waals surface area contributed by atoms with Gasteiger partial charge in [0.15, 0.2) is 0 Å². The molecule has 6 heteroatoms. The molecule has 2 fully saturated rings. The second-order valence-electron chi connectivity index (χ2n) is 6.33. The normalized spacial score (nSPS) is 21.3. The summed E-state index contributed by atoms with van der Waals surface area (Å²) < 4.78 is 5.42. The highest BCUT2D eigenvalue weighted by Gasteiger charge is 2.21. The Kier molecular flexibility index (Phi) is 5.82. The van der Waals surface area contributed by atoms with E-state index in [2.05, 4.69) is 10.6 Å². The Morgan fingerprint density at radius 2 is 1.92 bits per heavy atom. The number of benzene rings is 1. The van der Waals surface area contributed by atoms with Crippen LogP contribution >= 0.6 is 0 Å². The number of piperidine rings is 1. The van der Waals surface area contributed by atoms with E-state index < -0.39 is 6.10 Å². The van der Waals surface area contributed by atoms with Gasteiger partial charge in [-0.1, -0.05) is 12.1 Å². The van der Waals surface area contributed by atoms with E-state index in [1.165, 1.54) is 6.42 Å². The van der Waals surface area contributed by atoms with Crippen molar-refractivity contribution < 1.29 is 14.3 Å². The molecule has 2 saturated heterocycles. The lowest BCUT2D eigenvalue weighted by Gasteiger charge is -2.26. The maximum atomic E-state index is 12.4. The summed E-state index contributed by atoms with van der Waals surface area (Å²) in [5, 5.41) is 6.02. The Labute approximate surface area is 142 Å². The van der Waals surface area contributed by atoms with Crippen molar-refractivity contribution in [1.82, 2.24) is 15.5 Å². The smallest absolute Gasteiger partial charge is 0.253 e. The van der Waals surface area contributed by atoms with Crippen molar-refractivity contribution in [3.63, 3.8) is 0 Å². The summed E-state index contributed by atoms with van der Waals surface area (Å²) in [6.45, 7) is 4.05. The van der Waals surface area contributed by atoms with E-state index in [1.807, 2.05) is 29.2 Å². The van der Waals surface area contributed by atoms with Gasteiger partial charge in [-0.2, -0.15) is 0 Å². The van der Waals surface area contributed by atoms with Gasteiger partial charge in [-0.25, -0.2) is 0 Å². The van der Waals surface area contributed by atoms with Crippen molar-refractivity contribution in [2.75, 3.05) is 32.8 Å². The van der Waals surface area contributed by atoms with E-state index in [9.17, 15) is 9.59 Å². The molecule has 0 bridgehead atoms. The molecule has 0 spiro atoms. The van der Waals surface area contributed by atoms with Crippen molar-refractivity contribution >= 4 is 11.8 Å². The minimum absolute atomic E-state index is 0.101. The van der Waals surface area contributed by atoms with Gasteiger partial charge in [0.1, 0.15) is 6.10 Å². The van der Waals surface area contributed by atoms with Crippen LogP contribution < -0.4 is 10.6 Å². The van der Waals surface area contributed by atoms with Crippen LogP contribution in [0.15, 0.2) is 24.3 Å². The van der Waals surface area contributed by atoms with E-state index in [0.29, 0.717) is 25.3 Å². The molecule has 0 saturated carbocycles. The number of nitrogens with zero attached hydrogens (tertiary/aromatic N) is 1. The number of hydrogen-bond acceptors (Lipinski definition) is 4. The molecule has 2 aliphatic heterocycles. The quantitative estimate of drug-likeness (QED) is 0.861. The first kappa shape index (κ1) is 16.9. The molecule has 0 aliphatic carbocycles. The van der Waals surface area contributed by atoms with Crippen LogP contribution in [0.1, 0.15) is 35.2 Å². The molecule has 2 aliphatic rings. The van der Waals surface area contributed by atoms with Crippen LogP contribution in [0.2, 0.25) is 0 Å². The van der Waals surface area contributed by atoms with Crippen LogP contribution in [0.25, 0.3) is 0 Å². The van der Waals surface area contributed by atoms with Gasteiger partial charge in [-0.3, -0.25) is 9.59 Å². The van der Waals surface area contributed by atoms with Gasteiger partial charge in [0.25, 0.3) is 11.8 Å². The third kappa shape index (κ3) is 4.33. The molecule has 2 amide bonds. The van der Waals surface area contributed by atoms with Gasteiger partial charge in [0, 0.05) is 38.3 Å². The molecule has 6 nitrogen and oxygen atoms in total. The fraction of sp³-hybridized carbons (Fsp3) is 0.556. The molecule has 0 aromatic heterocycles. The summed E-state index contributed by atoms with van der Waals surface area (Å²) in [6, 6.07) is 7.49. The number of rotatable bonds is 4. The number of amides is 2. The first-order chi connectivity index (χ1) is 11.7. The lowest BCUT2D eigenvalue weighted by molar-refractivity contribution is -0.134. The molecular weight excluding hydrogens is 306 g/mol.